The highest BCUT2D eigenvalue weighted by Gasteiger charge is 2.38. The van der Waals surface area contributed by atoms with Crippen LogP contribution in [0.25, 0.3) is 10.8 Å². The molecule has 3 aromatic carbocycles. The Bertz CT molecular complexity index is 1730. The fourth-order valence-electron chi connectivity index (χ4n) is 6.55. The number of piperidine rings is 1. The van der Waals surface area contributed by atoms with Crippen LogP contribution in [-0.2, 0) is 19.1 Å². The van der Waals surface area contributed by atoms with E-state index in [9.17, 15) is 24.0 Å². The minimum absolute atomic E-state index is 0.0876. The van der Waals surface area contributed by atoms with E-state index in [0.29, 0.717) is 37.2 Å². The first-order chi connectivity index (χ1) is 23.3. The maximum absolute atomic E-state index is 13.8. The monoisotopic (exact) mass is 669 g/mol. The summed E-state index contributed by atoms with van der Waals surface area (Å²) in [6.07, 6.45) is 1.95. The van der Waals surface area contributed by atoms with E-state index in [1.54, 1.807) is 39.0 Å². The van der Waals surface area contributed by atoms with Gasteiger partial charge in [-0.2, -0.15) is 0 Å². The van der Waals surface area contributed by atoms with E-state index in [0.717, 1.165) is 34.7 Å². The number of nitrogens with zero attached hydrogens (tertiary/aromatic N) is 1. The quantitative estimate of drug-likeness (QED) is 0.241. The second kappa shape index (κ2) is 15.1. The van der Waals surface area contributed by atoms with Crippen molar-refractivity contribution in [1.29, 1.82) is 0 Å². The molecule has 0 bridgehead atoms. The Morgan fingerprint density at radius 2 is 1.73 bits per heavy atom. The molecule has 2 heterocycles. The Balaban J connectivity index is 1.32. The average Bonchev–Trinajstić information content (AvgIpc) is 3.47. The van der Waals surface area contributed by atoms with Crippen LogP contribution < -0.4 is 21.3 Å². The highest BCUT2D eigenvalue weighted by molar-refractivity contribution is 6.01. The summed E-state index contributed by atoms with van der Waals surface area (Å²) in [4.78, 5) is 68.0. The number of anilines is 1. The van der Waals surface area contributed by atoms with Crippen molar-refractivity contribution in [2.24, 2.45) is 5.92 Å². The molecule has 0 aromatic heterocycles. The lowest BCUT2D eigenvalue weighted by molar-refractivity contribution is -0.132. The number of hydrogen-bond acceptors (Lipinski definition) is 6. The molecule has 11 nitrogen and oxygen atoms in total. The van der Waals surface area contributed by atoms with E-state index in [2.05, 4.69) is 21.3 Å². The minimum Gasteiger partial charge on any atom is -0.444 e. The smallest absolute Gasteiger partial charge is 0.410 e. The van der Waals surface area contributed by atoms with Crippen LogP contribution in [0.1, 0.15) is 87.3 Å². The van der Waals surface area contributed by atoms with Crippen molar-refractivity contribution in [3.8, 4) is 0 Å². The summed E-state index contributed by atoms with van der Waals surface area (Å²) in [5.74, 6) is -1.92. The van der Waals surface area contributed by atoms with Crippen LogP contribution in [-0.4, -0.2) is 65.4 Å². The molecule has 11 heteroatoms. The second-order valence-electron chi connectivity index (χ2n) is 14.0. The first kappa shape index (κ1) is 35.4. The number of aryl methyl sites for hydroxylation is 1. The molecule has 5 amide bonds. The summed E-state index contributed by atoms with van der Waals surface area (Å²) >= 11 is 0. The molecule has 0 aliphatic carbocycles. The van der Waals surface area contributed by atoms with E-state index < -0.39 is 41.5 Å². The van der Waals surface area contributed by atoms with Gasteiger partial charge in [-0.1, -0.05) is 48.5 Å². The number of likely N-dealkylation sites (tertiary alicyclic amines) is 1. The fourth-order valence-corrected chi connectivity index (χ4v) is 6.55. The number of amides is 5. The first-order valence-corrected chi connectivity index (χ1v) is 17.1. The van der Waals surface area contributed by atoms with Gasteiger partial charge in [-0.25, -0.2) is 4.79 Å². The molecular formula is C38H47N5O6. The molecule has 260 valence electrons. The molecule has 2 aliphatic rings. The molecule has 5 rings (SSSR count). The number of rotatable bonds is 9. The Kier molecular flexibility index (Phi) is 10.9. The lowest BCUT2D eigenvalue weighted by atomic mass is 9.96. The molecule has 0 spiro atoms. The van der Waals surface area contributed by atoms with Crippen LogP contribution in [0.3, 0.4) is 0 Å². The summed E-state index contributed by atoms with van der Waals surface area (Å²) in [5, 5.41) is 13.7. The standard InChI is InChI=1S/C38H47N5O6/c1-23-16-17-27(22-30(23)34(45)40-24(2)28-14-10-12-25-11-6-7-13-29(25)28)41-35(46)31(21-26-18-19-39-33(26)44)42-36(47)32-15-8-9-20-43(32)37(48)49-38(3,4)5/h6-7,10-14,16-17,22,24,26,31-32H,8-9,15,18-21H2,1-5H3,(H,39,44)(H,40,45)(H,41,46)(H,42,47)/t24-,26+,31+,32-/m1/s1. The highest BCUT2D eigenvalue weighted by Crippen LogP contribution is 2.26. The summed E-state index contributed by atoms with van der Waals surface area (Å²) in [5.41, 5.74) is 1.77. The summed E-state index contributed by atoms with van der Waals surface area (Å²) in [7, 11) is 0. The Labute approximate surface area is 287 Å². The van der Waals surface area contributed by atoms with E-state index >= 15 is 0 Å². The van der Waals surface area contributed by atoms with Crippen LogP contribution in [0.15, 0.2) is 60.7 Å². The third-order valence-electron chi connectivity index (χ3n) is 9.14. The van der Waals surface area contributed by atoms with Crippen LogP contribution in [0.4, 0.5) is 10.5 Å². The van der Waals surface area contributed by atoms with Gasteiger partial charge in [0.25, 0.3) is 5.91 Å². The third kappa shape index (κ3) is 8.76. The van der Waals surface area contributed by atoms with Gasteiger partial charge >= 0.3 is 6.09 Å². The molecule has 0 radical (unpaired) electrons. The summed E-state index contributed by atoms with van der Waals surface area (Å²) in [6, 6.07) is 16.9. The maximum atomic E-state index is 13.8. The molecule has 0 saturated carbocycles. The van der Waals surface area contributed by atoms with Gasteiger partial charge in [0.15, 0.2) is 0 Å². The van der Waals surface area contributed by atoms with Gasteiger partial charge in [-0.05, 0) is 101 Å². The number of carbonyl (C=O) groups is 5. The lowest BCUT2D eigenvalue weighted by Gasteiger charge is -2.36. The number of fused-ring (bicyclic) bond motifs is 1. The third-order valence-corrected chi connectivity index (χ3v) is 9.14. The van der Waals surface area contributed by atoms with Crippen molar-refractivity contribution in [1.82, 2.24) is 20.9 Å². The Morgan fingerprint density at radius 1 is 0.980 bits per heavy atom. The van der Waals surface area contributed by atoms with E-state index in [1.165, 1.54) is 4.90 Å². The number of nitrogens with one attached hydrogen (secondary N) is 4. The number of carbonyl (C=O) groups excluding carboxylic acids is 5. The van der Waals surface area contributed by atoms with Gasteiger partial charge in [-0.3, -0.25) is 24.1 Å². The van der Waals surface area contributed by atoms with E-state index in [1.807, 2.05) is 56.3 Å². The van der Waals surface area contributed by atoms with E-state index in [4.69, 9.17) is 4.74 Å². The predicted octanol–water partition coefficient (Wildman–Crippen LogP) is 5.38. The van der Waals surface area contributed by atoms with E-state index in [-0.39, 0.29) is 24.3 Å². The van der Waals surface area contributed by atoms with Crippen molar-refractivity contribution in [2.75, 3.05) is 18.4 Å². The molecule has 0 unspecified atom stereocenters. The molecule has 2 fully saturated rings. The number of ether oxygens (including phenoxy) is 1. The normalized spacial score (nSPS) is 19.0. The van der Waals surface area contributed by atoms with Gasteiger partial charge in [-0.15, -0.1) is 0 Å². The van der Waals surface area contributed by atoms with Gasteiger partial charge in [0, 0.05) is 30.3 Å². The molecule has 49 heavy (non-hydrogen) atoms. The lowest BCUT2D eigenvalue weighted by Crippen LogP contribution is -2.56. The first-order valence-electron chi connectivity index (χ1n) is 17.1. The van der Waals surface area contributed by atoms with Crippen molar-refractivity contribution in [3.63, 3.8) is 0 Å². The van der Waals surface area contributed by atoms with Crippen LogP contribution in [0, 0.1) is 12.8 Å². The highest BCUT2D eigenvalue weighted by atomic mass is 16.6. The molecule has 4 atom stereocenters. The molecule has 2 saturated heterocycles. The zero-order valence-electron chi connectivity index (χ0n) is 28.9. The topological polar surface area (TPSA) is 146 Å². The van der Waals surface area contributed by atoms with Crippen molar-refractivity contribution in [2.45, 2.75) is 90.4 Å². The Hall–Kier alpha value is -4.93. The van der Waals surface area contributed by atoms with Crippen LogP contribution in [0.2, 0.25) is 0 Å². The van der Waals surface area contributed by atoms with Crippen LogP contribution in [0.5, 0.6) is 0 Å². The number of hydrogen-bond donors (Lipinski definition) is 4. The molecular weight excluding hydrogens is 622 g/mol. The largest absolute Gasteiger partial charge is 0.444 e. The SMILES string of the molecule is Cc1ccc(NC(=O)[C@H](C[C@@H]2CCNC2=O)NC(=O)[C@H]2CCCCN2C(=O)OC(C)(C)C)cc1C(=O)N[C@H](C)c1cccc2ccccc12. The Morgan fingerprint density at radius 3 is 2.47 bits per heavy atom. The summed E-state index contributed by atoms with van der Waals surface area (Å²) < 4.78 is 5.56. The zero-order chi connectivity index (χ0) is 35.3. The molecule has 3 aromatic rings. The van der Waals surface area contributed by atoms with Crippen molar-refractivity contribution < 1.29 is 28.7 Å². The van der Waals surface area contributed by atoms with Gasteiger partial charge in [0.2, 0.25) is 17.7 Å². The average molecular weight is 670 g/mol. The zero-order valence-corrected chi connectivity index (χ0v) is 28.9. The summed E-state index contributed by atoms with van der Waals surface area (Å²) in [6.45, 7) is 9.92. The second-order valence-corrected chi connectivity index (χ2v) is 14.0. The number of benzene rings is 3. The van der Waals surface area contributed by atoms with Crippen molar-refractivity contribution >= 4 is 46.2 Å². The fraction of sp³-hybridized carbons (Fsp3) is 0.447. The minimum atomic E-state index is -1.06. The predicted molar refractivity (Wildman–Crippen MR) is 188 cm³/mol. The maximum Gasteiger partial charge on any atom is 0.410 e. The van der Waals surface area contributed by atoms with Gasteiger partial charge in [0.1, 0.15) is 17.7 Å². The molecule has 4 N–H and O–H groups in total. The molecule has 2 aliphatic heterocycles. The van der Waals surface area contributed by atoms with Crippen molar-refractivity contribution in [3.05, 3.63) is 77.4 Å². The van der Waals surface area contributed by atoms with Gasteiger partial charge < -0.3 is 26.0 Å². The van der Waals surface area contributed by atoms with Crippen LogP contribution >= 0.6 is 0 Å². The van der Waals surface area contributed by atoms with Gasteiger partial charge in [0.05, 0.1) is 6.04 Å².